The summed E-state index contributed by atoms with van der Waals surface area (Å²) in [7, 11) is 0. The Labute approximate surface area is 108 Å². The molecule has 2 unspecified atom stereocenters. The van der Waals surface area contributed by atoms with Crippen molar-refractivity contribution in [3.63, 3.8) is 0 Å². The fourth-order valence-corrected chi connectivity index (χ4v) is 1.57. The van der Waals surface area contributed by atoms with Crippen molar-refractivity contribution in [2.45, 2.75) is 39.7 Å². The van der Waals surface area contributed by atoms with Crippen LogP contribution in [-0.4, -0.2) is 52.9 Å². The Morgan fingerprint density at radius 2 is 1.94 bits per heavy atom. The monoisotopic (exact) mass is 260 g/mol. The minimum Gasteiger partial charge on any atom is -0.480 e. The lowest BCUT2D eigenvalue weighted by Gasteiger charge is -2.26. The smallest absolute Gasteiger partial charge is 0.326 e. The van der Waals surface area contributed by atoms with Crippen LogP contribution in [0.25, 0.3) is 0 Å². The second-order valence-corrected chi connectivity index (χ2v) is 4.31. The van der Waals surface area contributed by atoms with Crippen molar-refractivity contribution in [2.24, 2.45) is 5.92 Å². The van der Waals surface area contributed by atoms with Crippen LogP contribution in [0, 0.1) is 5.92 Å². The van der Waals surface area contributed by atoms with Crippen molar-refractivity contribution in [1.29, 1.82) is 0 Å². The molecule has 0 bridgehead atoms. The van der Waals surface area contributed by atoms with Gasteiger partial charge in [-0.05, 0) is 19.3 Å². The van der Waals surface area contributed by atoms with E-state index in [1.165, 1.54) is 4.90 Å². The van der Waals surface area contributed by atoms with Crippen molar-refractivity contribution in [1.82, 2.24) is 10.2 Å². The van der Waals surface area contributed by atoms with Crippen LogP contribution >= 0.6 is 0 Å². The summed E-state index contributed by atoms with van der Waals surface area (Å²) in [5.41, 5.74) is 0. The SMILES string of the molecule is CCC(C)C(NC(=O)N(CC)CCCO)C(=O)O. The summed E-state index contributed by atoms with van der Waals surface area (Å²) >= 11 is 0. The first-order chi connectivity index (χ1) is 8.47. The molecule has 0 fully saturated rings. The summed E-state index contributed by atoms with van der Waals surface area (Å²) in [6.07, 6.45) is 1.17. The molecule has 0 aromatic rings. The Hall–Kier alpha value is -1.30. The van der Waals surface area contributed by atoms with Crippen molar-refractivity contribution >= 4 is 12.0 Å². The Kier molecular flexibility index (Phi) is 8.11. The van der Waals surface area contributed by atoms with Crippen LogP contribution in [0.1, 0.15) is 33.6 Å². The fourth-order valence-electron chi connectivity index (χ4n) is 1.57. The standard InChI is InChI=1S/C12H24N2O4/c1-4-9(3)10(11(16)17)13-12(18)14(5-2)7-6-8-15/h9-10,15H,4-8H2,1-3H3,(H,13,18)(H,16,17). The van der Waals surface area contributed by atoms with Gasteiger partial charge in [0.25, 0.3) is 0 Å². The first-order valence-corrected chi connectivity index (χ1v) is 6.36. The Morgan fingerprint density at radius 1 is 1.33 bits per heavy atom. The summed E-state index contributed by atoms with van der Waals surface area (Å²) in [6.45, 7) is 6.41. The maximum atomic E-state index is 11.9. The van der Waals surface area contributed by atoms with Crippen LogP contribution in [0.3, 0.4) is 0 Å². The third-order valence-corrected chi connectivity index (χ3v) is 3.01. The molecule has 0 aliphatic carbocycles. The van der Waals surface area contributed by atoms with Crippen molar-refractivity contribution in [3.8, 4) is 0 Å². The van der Waals surface area contributed by atoms with Gasteiger partial charge in [-0.1, -0.05) is 20.3 Å². The normalized spacial score (nSPS) is 13.8. The van der Waals surface area contributed by atoms with Gasteiger partial charge in [0, 0.05) is 19.7 Å². The third kappa shape index (κ3) is 5.35. The van der Waals surface area contributed by atoms with Crippen LogP contribution in [-0.2, 0) is 4.79 Å². The first-order valence-electron chi connectivity index (χ1n) is 6.36. The number of hydrogen-bond acceptors (Lipinski definition) is 3. The quantitative estimate of drug-likeness (QED) is 0.605. The zero-order valence-corrected chi connectivity index (χ0v) is 11.3. The molecule has 2 amide bonds. The number of carbonyl (C=O) groups is 2. The van der Waals surface area contributed by atoms with Crippen molar-refractivity contribution in [3.05, 3.63) is 0 Å². The van der Waals surface area contributed by atoms with E-state index >= 15 is 0 Å². The molecule has 0 spiro atoms. The lowest BCUT2D eigenvalue weighted by molar-refractivity contribution is -0.140. The molecule has 0 aliphatic rings. The average Bonchev–Trinajstić information content (AvgIpc) is 2.35. The molecule has 18 heavy (non-hydrogen) atoms. The number of amides is 2. The summed E-state index contributed by atoms with van der Waals surface area (Å²) in [5, 5.41) is 20.4. The molecule has 0 saturated heterocycles. The highest BCUT2D eigenvalue weighted by molar-refractivity contribution is 5.82. The largest absolute Gasteiger partial charge is 0.480 e. The molecule has 0 rings (SSSR count). The molecular weight excluding hydrogens is 236 g/mol. The first kappa shape index (κ1) is 16.7. The lowest BCUT2D eigenvalue weighted by atomic mass is 9.99. The molecule has 0 heterocycles. The van der Waals surface area contributed by atoms with Gasteiger partial charge >= 0.3 is 12.0 Å². The van der Waals surface area contributed by atoms with Crippen LogP contribution in [0.15, 0.2) is 0 Å². The van der Waals surface area contributed by atoms with Crippen LogP contribution in [0.4, 0.5) is 4.79 Å². The maximum Gasteiger partial charge on any atom is 0.326 e. The summed E-state index contributed by atoms with van der Waals surface area (Å²) in [5.74, 6) is -1.14. The molecule has 0 radical (unpaired) electrons. The topological polar surface area (TPSA) is 89.9 Å². The lowest BCUT2D eigenvalue weighted by Crippen LogP contribution is -2.50. The third-order valence-electron chi connectivity index (χ3n) is 3.01. The molecule has 3 N–H and O–H groups in total. The molecule has 6 heteroatoms. The maximum absolute atomic E-state index is 11.9. The Morgan fingerprint density at radius 3 is 2.33 bits per heavy atom. The van der Waals surface area contributed by atoms with Crippen molar-refractivity contribution in [2.75, 3.05) is 19.7 Å². The average molecular weight is 260 g/mol. The number of urea groups is 1. The van der Waals surface area contributed by atoms with E-state index in [1.807, 2.05) is 13.8 Å². The molecule has 2 atom stereocenters. The number of aliphatic carboxylic acids is 1. The number of nitrogens with one attached hydrogen (secondary N) is 1. The minimum absolute atomic E-state index is 0.0114. The van der Waals surface area contributed by atoms with Gasteiger partial charge in [0.1, 0.15) is 6.04 Å². The van der Waals surface area contributed by atoms with Gasteiger partial charge in [-0.15, -0.1) is 0 Å². The Bertz CT molecular complexity index is 271. The van der Waals surface area contributed by atoms with Gasteiger partial charge in [0.2, 0.25) is 0 Å². The van der Waals surface area contributed by atoms with E-state index in [-0.39, 0.29) is 12.5 Å². The highest BCUT2D eigenvalue weighted by Crippen LogP contribution is 2.08. The number of carboxylic acids is 1. The van der Waals surface area contributed by atoms with Gasteiger partial charge in [0.15, 0.2) is 0 Å². The van der Waals surface area contributed by atoms with Crippen LogP contribution < -0.4 is 5.32 Å². The van der Waals surface area contributed by atoms with Crippen molar-refractivity contribution < 1.29 is 19.8 Å². The van der Waals surface area contributed by atoms with E-state index in [2.05, 4.69) is 5.32 Å². The molecular formula is C12H24N2O4. The number of carbonyl (C=O) groups excluding carboxylic acids is 1. The van der Waals surface area contributed by atoms with E-state index in [0.29, 0.717) is 25.9 Å². The van der Waals surface area contributed by atoms with E-state index in [4.69, 9.17) is 10.2 Å². The van der Waals surface area contributed by atoms with E-state index < -0.39 is 18.0 Å². The van der Waals surface area contributed by atoms with E-state index in [1.54, 1.807) is 6.92 Å². The Balaban J connectivity index is 4.51. The molecule has 0 saturated carbocycles. The highest BCUT2D eigenvalue weighted by atomic mass is 16.4. The van der Waals surface area contributed by atoms with Gasteiger partial charge in [0.05, 0.1) is 0 Å². The fraction of sp³-hybridized carbons (Fsp3) is 0.833. The van der Waals surface area contributed by atoms with Gasteiger partial charge in [-0.3, -0.25) is 0 Å². The van der Waals surface area contributed by atoms with E-state index in [0.717, 1.165) is 0 Å². The second-order valence-electron chi connectivity index (χ2n) is 4.31. The molecule has 0 aromatic heterocycles. The van der Waals surface area contributed by atoms with Gasteiger partial charge < -0.3 is 20.4 Å². The molecule has 6 nitrogen and oxygen atoms in total. The number of hydrogen-bond donors (Lipinski definition) is 3. The number of aliphatic hydroxyl groups is 1. The van der Waals surface area contributed by atoms with Crippen LogP contribution in [0.2, 0.25) is 0 Å². The summed E-state index contributed by atoms with van der Waals surface area (Å²) in [6, 6.07) is -1.26. The predicted molar refractivity (Wildman–Crippen MR) is 68.4 cm³/mol. The zero-order chi connectivity index (χ0) is 14.1. The highest BCUT2D eigenvalue weighted by Gasteiger charge is 2.26. The summed E-state index contributed by atoms with van der Waals surface area (Å²) < 4.78 is 0. The molecule has 0 aromatic carbocycles. The molecule has 106 valence electrons. The van der Waals surface area contributed by atoms with Crippen LogP contribution in [0.5, 0.6) is 0 Å². The summed E-state index contributed by atoms with van der Waals surface area (Å²) in [4.78, 5) is 24.5. The number of aliphatic hydroxyl groups excluding tert-OH is 1. The molecule has 0 aliphatic heterocycles. The number of nitrogens with zero attached hydrogens (tertiary/aromatic N) is 1. The number of rotatable bonds is 8. The zero-order valence-electron chi connectivity index (χ0n) is 11.3. The van der Waals surface area contributed by atoms with Gasteiger partial charge in [-0.25, -0.2) is 9.59 Å². The second kappa shape index (κ2) is 8.74. The number of carboxylic acid groups (broad SMARTS) is 1. The van der Waals surface area contributed by atoms with Gasteiger partial charge in [-0.2, -0.15) is 0 Å². The predicted octanol–water partition coefficient (Wildman–Crippen LogP) is 0.900. The minimum atomic E-state index is -1.02. The van der Waals surface area contributed by atoms with E-state index in [9.17, 15) is 9.59 Å².